The van der Waals surface area contributed by atoms with Crippen LogP contribution < -0.4 is 0 Å². The summed E-state index contributed by atoms with van der Waals surface area (Å²) in [5, 5.41) is 0. The molecule has 1 aliphatic heterocycles. The summed E-state index contributed by atoms with van der Waals surface area (Å²) in [5.41, 5.74) is 0.965. The predicted molar refractivity (Wildman–Crippen MR) is 72.4 cm³/mol. The Hall–Kier alpha value is -0.980. The molecule has 1 aromatic carbocycles. The summed E-state index contributed by atoms with van der Waals surface area (Å²) in [7, 11) is -0.273. The first-order valence-electron chi connectivity index (χ1n) is 6.35. The Morgan fingerprint density at radius 3 is 2.53 bits per heavy atom. The molecule has 1 unspecified atom stereocenters. The average Bonchev–Trinajstić information content (AvgIpc) is 2.80. The second-order valence-electron chi connectivity index (χ2n) is 5.03. The van der Waals surface area contributed by atoms with Crippen LogP contribution in [-0.4, -0.2) is 43.7 Å². The van der Waals surface area contributed by atoms with Gasteiger partial charge in [-0.1, -0.05) is 12.1 Å². The molecule has 1 aromatic rings. The van der Waals surface area contributed by atoms with E-state index in [1.807, 2.05) is 0 Å². The highest BCUT2D eigenvalue weighted by atomic mass is 32.2. The van der Waals surface area contributed by atoms with Crippen molar-refractivity contribution in [3.63, 3.8) is 0 Å². The van der Waals surface area contributed by atoms with E-state index in [-0.39, 0.29) is 11.9 Å². The third-order valence-corrected chi connectivity index (χ3v) is 5.46. The second-order valence-corrected chi connectivity index (χ2v) is 7.12. The maximum atomic E-state index is 12.9. The molecule has 1 fully saturated rings. The molecule has 0 N–H and O–H groups in total. The number of hydrogen-bond acceptors (Lipinski definition) is 2. The molecular weight excluding hydrogens is 267 g/mol. The Bertz CT molecular complexity index is 528. The lowest BCUT2D eigenvalue weighted by Crippen LogP contribution is -2.43. The number of rotatable bonds is 4. The molecule has 0 saturated carbocycles. The van der Waals surface area contributed by atoms with E-state index in [1.165, 1.54) is 16.4 Å². The molecule has 6 heteroatoms. The van der Waals surface area contributed by atoms with Gasteiger partial charge in [-0.3, -0.25) is 0 Å². The van der Waals surface area contributed by atoms with Gasteiger partial charge in [-0.15, -0.1) is 0 Å². The van der Waals surface area contributed by atoms with Gasteiger partial charge in [-0.2, -0.15) is 17.0 Å². The van der Waals surface area contributed by atoms with Crippen LogP contribution in [0.5, 0.6) is 0 Å². The minimum absolute atomic E-state index is 0.0298. The quantitative estimate of drug-likeness (QED) is 0.844. The fourth-order valence-electron chi connectivity index (χ4n) is 2.42. The summed E-state index contributed by atoms with van der Waals surface area (Å²) >= 11 is 0. The van der Waals surface area contributed by atoms with Crippen molar-refractivity contribution >= 4 is 10.2 Å². The average molecular weight is 286 g/mol. The lowest BCUT2D eigenvalue weighted by atomic mass is 10.0. The summed E-state index contributed by atoms with van der Waals surface area (Å²) < 4.78 is 40.0. The van der Waals surface area contributed by atoms with Crippen LogP contribution in [0.15, 0.2) is 24.3 Å². The van der Waals surface area contributed by atoms with Crippen LogP contribution in [0.3, 0.4) is 0 Å². The number of halogens is 1. The summed E-state index contributed by atoms with van der Waals surface area (Å²) in [6, 6.07) is 6.23. The molecule has 106 valence electrons. The molecule has 2 rings (SSSR count). The summed E-state index contributed by atoms with van der Waals surface area (Å²) in [6.07, 6.45) is 2.36. The van der Waals surface area contributed by atoms with Crippen LogP contribution in [0.1, 0.15) is 18.4 Å². The third-order valence-electron chi connectivity index (χ3n) is 3.47. The van der Waals surface area contributed by atoms with E-state index >= 15 is 0 Å². The van der Waals surface area contributed by atoms with Gasteiger partial charge in [0.05, 0.1) is 0 Å². The van der Waals surface area contributed by atoms with Crippen LogP contribution >= 0.6 is 0 Å². The SMILES string of the molecule is CN(C)S(=O)(=O)N1CCCC1Cc1ccc(F)cc1. The van der Waals surface area contributed by atoms with Crippen LogP contribution in [-0.2, 0) is 16.6 Å². The van der Waals surface area contributed by atoms with Crippen molar-refractivity contribution in [2.75, 3.05) is 20.6 Å². The first-order chi connectivity index (χ1) is 8.91. The van der Waals surface area contributed by atoms with Gasteiger partial charge in [0.1, 0.15) is 5.82 Å². The van der Waals surface area contributed by atoms with Crippen molar-refractivity contribution in [3.05, 3.63) is 35.6 Å². The monoisotopic (exact) mass is 286 g/mol. The maximum absolute atomic E-state index is 12.9. The highest BCUT2D eigenvalue weighted by Crippen LogP contribution is 2.25. The van der Waals surface area contributed by atoms with E-state index in [4.69, 9.17) is 0 Å². The van der Waals surface area contributed by atoms with Gasteiger partial charge < -0.3 is 0 Å². The largest absolute Gasteiger partial charge is 0.281 e. The topological polar surface area (TPSA) is 40.6 Å². The molecule has 0 aliphatic carbocycles. The molecule has 0 aromatic heterocycles. The number of hydrogen-bond donors (Lipinski definition) is 0. The molecule has 19 heavy (non-hydrogen) atoms. The minimum Gasteiger partial charge on any atom is -0.207 e. The van der Waals surface area contributed by atoms with Crippen molar-refractivity contribution in [1.82, 2.24) is 8.61 Å². The fourth-order valence-corrected chi connectivity index (χ4v) is 3.76. The zero-order chi connectivity index (χ0) is 14.0. The van der Waals surface area contributed by atoms with Gasteiger partial charge in [-0.25, -0.2) is 4.39 Å². The van der Waals surface area contributed by atoms with Gasteiger partial charge in [0.15, 0.2) is 0 Å². The van der Waals surface area contributed by atoms with E-state index in [0.717, 1.165) is 18.4 Å². The van der Waals surface area contributed by atoms with Gasteiger partial charge in [0, 0.05) is 26.7 Å². The Balaban J connectivity index is 2.14. The fraction of sp³-hybridized carbons (Fsp3) is 0.538. The zero-order valence-electron chi connectivity index (χ0n) is 11.2. The van der Waals surface area contributed by atoms with E-state index in [9.17, 15) is 12.8 Å². The van der Waals surface area contributed by atoms with E-state index in [2.05, 4.69) is 0 Å². The normalized spacial score (nSPS) is 21.2. The van der Waals surface area contributed by atoms with Crippen molar-refractivity contribution in [1.29, 1.82) is 0 Å². The lowest BCUT2D eigenvalue weighted by molar-refractivity contribution is 0.355. The standard InChI is InChI=1S/C13H19FN2O2S/c1-15(2)19(17,18)16-9-3-4-13(16)10-11-5-7-12(14)8-6-11/h5-8,13H,3-4,9-10H2,1-2H3. The maximum Gasteiger partial charge on any atom is 0.281 e. The Labute approximate surface area is 114 Å². The molecule has 0 bridgehead atoms. The van der Waals surface area contributed by atoms with Crippen LogP contribution in [0.2, 0.25) is 0 Å². The molecule has 0 radical (unpaired) electrons. The molecule has 1 saturated heterocycles. The lowest BCUT2D eigenvalue weighted by Gasteiger charge is -2.27. The minimum atomic E-state index is -3.36. The second kappa shape index (κ2) is 5.56. The van der Waals surface area contributed by atoms with Crippen LogP contribution in [0.4, 0.5) is 4.39 Å². The Morgan fingerprint density at radius 2 is 1.95 bits per heavy atom. The Kier molecular flexibility index (Phi) is 4.23. The van der Waals surface area contributed by atoms with Crippen LogP contribution in [0, 0.1) is 5.82 Å². The summed E-state index contributed by atoms with van der Waals surface area (Å²) in [5.74, 6) is -0.270. The van der Waals surface area contributed by atoms with Gasteiger partial charge >= 0.3 is 0 Å². The molecule has 1 atom stereocenters. The molecule has 1 heterocycles. The van der Waals surface area contributed by atoms with Crippen LogP contribution in [0.25, 0.3) is 0 Å². The smallest absolute Gasteiger partial charge is 0.207 e. The highest BCUT2D eigenvalue weighted by molar-refractivity contribution is 7.86. The van der Waals surface area contributed by atoms with E-state index in [0.29, 0.717) is 13.0 Å². The third kappa shape index (κ3) is 3.13. The molecule has 0 spiro atoms. The molecule has 1 aliphatic rings. The van der Waals surface area contributed by atoms with Crippen molar-refractivity contribution in [2.24, 2.45) is 0 Å². The first-order valence-corrected chi connectivity index (χ1v) is 7.74. The number of nitrogens with zero attached hydrogens (tertiary/aromatic N) is 2. The van der Waals surface area contributed by atoms with Gasteiger partial charge in [0.2, 0.25) is 0 Å². The van der Waals surface area contributed by atoms with Crippen molar-refractivity contribution in [3.8, 4) is 0 Å². The summed E-state index contributed by atoms with van der Waals surface area (Å²) in [4.78, 5) is 0. The van der Waals surface area contributed by atoms with E-state index in [1.54, 1.807) is 30.5 Å². The predicted octanol–water partition coefficient (Wildman–Crippen LogP) is 1.64. The van der Waals surface area contributed by atoms with Crippen molar-refractivity contribution < 1.29 is 12.8 Å². The zero-order valence-corrected chi connectivity index (χ0v) is 12.0. The van der Waals surface area contributed by atoms with Crippen molar-refractivity contribution in [2.45, 2.75) is 25.3 Å². The highest BCUT2D eigenvalue weighted by Gasteiger charge is 2.35. The molecule has 4 nitrogen and oxygen atoms in total. The molecular formula is C13H19FN2O2S. The molecule has 0 amide bonds. The van der Waals surface area contributed by atoms with Gasteiger partial charge in [0.25, 0.3) is 10.2 Å². The Morgan fingerprint density at radius 1 is 1.32 bits per heavy atom. The van der Waals surface area contributed by atoms with E-state index < -0.39 is 10.2 Å². The van der Waals surface area contributed by atoms with Gasteiger partial charge in [-0.05, 0) is 37.0 Å². The first kappa shape index (κ1) is 14.4. The summed E-state index contributed by atoms with van der Waals surface area (Å²) in [6.45, 7) is 0.562. The number of benzene rings is 1.